The molecule has 2 aromatic heterocycles. The lowest BCUT2D eigenvalue weighted by Gasteiger charge is -2.20. The van der Waals surface area contributed by atoms with Gasteiger partial charge in [0.05, 0.1) is 11.4 Å². The fraction of sp³-hybridized carbons (Fsp3) is 0.176. The third-order valence-corrected chi connectivity index (χ3v) is 3.95. The van der Waals surface area contributed by atoms with Crippen LogP contribution in [0.2, 0.25) is 5.02 Å². The van der Waals surface area contributed by atoms with Crippen molar-refractivity contribution in [2.45, 2.75) is 6.42 Å². The van der Waals surface area contributed by atoms with Crippen molar-refractivity contribution in [1.29, 1.82) is 0 Å². The second-order valence-corrected chi connectivity index (χ2v) is 5.96. The molecule has 1 aliphatic heterocycles. The van der Waals surface area contributed by atoms with Crippen molar-refractivity contribution >= 4 is 23.5 Å². The third-order valence-electron chi connectivity index (χ3n) is 3.67. The van der Waals surface area contributed by atoms with Crippen LogP contribution in [0.1, 0.15) is 5.56 Å². The van der Waals surface area contributed by atoms with E-state index in [1.54, 1.807) is 30.5 Å². The number of fused-ring (bicyclic) bond motifs is 1. The number of carbonyl (C=O) groups excluding carboxylic acids is 1. The van der Waals surface area contributed by atoms with E-state index >= 15 is 0 Å². The molecule has 1 amide bonds. The standard InChI is InChI=1S/C17H14ClN5O3/c18-11-7-10(8-13-15(11)26-6-5-25-13)9-14(24)20-17-21-16(22-23-17)12-3-1-2-4-19-12/h1-4,7-8H,5-6,9H2,(H2,20,21,22,23,24). The molecule has 0 radical (unpaired) electrons. The van der Waals surface area contributed by atoms with E-state index in [9.17, 15) is 4.79 Å². The largest absolute Gasteiger partial charge is 0.486 e. The molecular formula is C17H14ClN5O3. The van der Waals surface area contributed by atoms with E-state index in [2.05, 4.69) is 25.5 Å². The molecule has 3 aromatic rings. The van der Waals surface area contributed by atoms with Gasteiger partial charge in [-0.25, -0.2) is 0 Å². The summed E-state index contributed by atoms with van der Waals surface area (Å²) in [5.41, 5.74) is 1.34. The number of anilines is 1. The minimum Gasteiger partial charge on any atom is -0.486 e. The summed E-state index contributed by atoms with van der Waals surface area (Å²) in [5.74, 6) is 1.44. The number of amides is 1. The van der Waals surface area contributed by atoms with Gasteiger partial charge in [0.1, 0.15) is 18.9 Å². The number of carbonyl (C=O) groups is 1. The van der Waals surface area contributed by atoms with E-state index in [4.69, 9.17) is 21.1 Å². The predicted molar refractivity (Wildman–Crippen MR) is 94.4 cm³/mol. The van der Waals surface area contributed by atoms with Crippen LogP contribution in [0.3, 0.4) is 0 Å². The summed E-state index contributed by atoms with van der Waals surface area (Å²) >= 11 is 6.19. The molecule has 1 aromatic carbocycles. The van der Waals surface area contributed by atoms with Gasteiger partial charge in [0.2, 0.25) is 11.9 Å². The van der Waals surface area contributed by atoms with E-state index < -0.39 is 0 Å². The highest BCUT2D eigenvalue weighted by atomic mass is 35.5. The number of hydrogen-bond donors (Lipinski definition) is 2. The molecule has 2 N–H and O–H groups in total. The lowest BCUT2D eigenvalue weighted by atomic mass is 10.1. The van der Waals surface area contributed by atoms with Crippen LogP contribution in [0.15, 0.2) is 36.5 Å². The van der Waals surface area contributed by atoms with Gasteiger partial charge in [-0.3, -0.25) is 20.2 Å². The Kier molecular flexibility index (Phi) is 4.40. The van der Waals surface area contributed by atoms with Gasteiger partial charge in [0.15, 0.2) is 17.3 Å². The highest BCUT2D eigenvalue weighted by Gasteiger charge is 2.18. The van der Waals surface area contributed by atoms with Crippen molar-refractivity contribution < 1.29 is 14.3 Å². The Morgan fingerprint density at radius 2 is 2.15 bits per heavy atom. The molecule has 0 saturated heterocycles. The van der Waals surface area contributed by atoms with Crippen LogP contribution in [0, 0.1) is 0 Å². The van der Waals surface area contributed by atoms with Gasteiger partial charge in [-0.05, 0) is 29.8 Å². The van der Waals surface area contributed by atoms with Crippen LogP contribution in [-0.2, 0) is 11.2 Å². The van der Waals surface area contributed by atoms with Crippen LogP contribution in [-0.4, -0.2) is 39.3 Å². The summed E-state index contributed by atoms with van der Waals surface area (Å²) in [6.07, 6.45) is 1.76. The topological polar surface area (TPSA) is 102 Å². The fourth-order valence-electron chi connectivity index (χ4n) is 2.56. The van der Waals surface area contributed by atoms with Gasteiger partial charge >= 0.3 is 0 Å². The van der Waals surface area contributed by atoms with Crippen molar-refractivity contribution in [2.24, 2.45) is 0 Å². The molecule has 0 unspecified atom stereocenters. The summed E-state index contributed by atoms with van der Waals surface area (Å²) in [5, 5.41) is 9.79. The minimum absolute atomic E-state index is 0.101. The highest BCUT2D eigenvalue weighted by Crippen LogP contribution is 2.38. The highest BCUT2D eigenvalue weighted by molar-refractivity contribution is 6.32. The maximum absolute atomic E-state index is 12.3. The van der Waals surface area contributed by atoms with Gasteiger partial charge < -0.3 is 9.47 Å². The van der Waals surface area contributed by atoms with Gasteiger partial charge in [-0.2, -0.15) is 4.98 Å². The molecule has 132 valence electrons. The van der Waals surface area contributed by atoms with Crippen LogP contribution < -0.4 is 14.8 Å². The molecule has 26 heavy (non-hydrogen) atoms. The Hall–Kier alpha value is -3.13. The Balaban J connectivity index is 1.45. The van der Waals surface area contributed by atoms with Crippen molar-refractivity contribution in [3.05, 3.63) is 47.1 Å². The molecule has 0 bridgehead atoms. The van der Waals surface area contributed by atoms with Gasteiger partial charge in [0, 0.05) is 6.20 Å². The van der Waals surface area contributed by atoms with Gasteiger partial charge in [0.25, 0.3) is 0 Å². The average Bonchev–Trinajstić information content (AvgIpc) is 3.11. The molecule has 4 rings (SSSR count). The number of hydrogen-bond acceptors (Lipinski definition) is 6. The normalized spacial score (nSPS) is 12.7. The average molecular weight is 372 g/mol. The van der Waals surface area contributed by atoms with E-state index in [0.29, 0.717) is 46.8 Å². The maximum Gasteiger partial charge on any atom is 0.249 e. The van der Waals surface area contributed by atoms with E-state index in [-0.39, 0.29) is 18.3 Å². The number of benzene rings is 1. The van der Waals surface area contributed by atoms with Crippen molar-refractivity contribution in [3.63, 3.8) is 0 Å². The molecular weight excluding hydrogens is 358 g/mol. The monoisotopic (exact) mass is 371 g/mol. The summed E-state index contributed by atoms with van der Waals surface area (Å²) in [6, 6.07) is 8.88. The number of nitrogens with one attached hydrogen (secondary N) is 2. The first-order valence-corrected chi connectivity index (χ1v) is 8.28. The number of aromatic amines is 1. The molecule has 1 aliphatic rings. The van der Waals surface area contributed by atoms with Crippen LogP contribution in [0.4, 0.5) is 5.95 Å². The number of pyridine rings is 1. The molecule has 9 heteroatoms. The van der Waals surface area contributed by atoms with E-state index in [0.717, 1.165) is 0 Å². The zero-order chi connectivity index (χ0) is 17.9. The second kappa shape index (κ2) is 7.01. The Bertz CT molecular complexity index is 945. The number of rotatable bonds is 4. The number of aromatic nitrogens is 4. The van der Waals surface area contributed by atoms with Crippen molar-refractivity contribution in [1.82, 2.24) is 20.2 Å². The first-order valence-electron chi connectivity index (χ1n) is 7.91. The quantitative estimate of drug-likeness (QED) is 0.730. The predicted octanol–water partition coefficient (Wildman–Crippen LogP) is 2.47. The number of nitrogens with zero attached hydrogens (tertiary/aromatic N) is 3. The first-order chi connectivity index (χ1) is 12.7. The lowest BCUT2D eigenvalue weighted by Crippen LogP contribution is -2.18. The second-order valence-electron chi connectivity index (χ2n) is 5.55. The Labute approximate surface area is 153 Å². The SMILES string of the molecule is O=C(Cc1cc(Cl)c2c(c1)OCCO2)Nc1n[nH]c(-c2ccccn2)n1. The molecule has 0 aliphatic carbocycles. The van der Waals surface area contributed by atoms with Gasteiger partial charge in [-0.15, -0.1) is 5.10 Å². The fourth-order valence-corrected chi connectivity index (χ4v) is 2.84. The summed E-state index contributed by atoms with van der Waals surface area (Å²) < 4.78 is 11.0. The van der Waals surface area contributed by atoms with E-state index in [1.165, 1.54) is 0 Å². The molecule has 0 atom stereocenters. The number of halogens is 1. The molecule has 0 spiro atoms. The molecule has 0 fully saturated rings. The summed E-state index contributed by atoms with van der Waals surface area (Å²) in [7, 11) is 0. The zero-order valence-electron chi connectivity index (χ0n) is 13.5. The lowest BCUT2D eigenvalue weighted by molar-refractivity contribution is -0.115. The minimum atomic E-state index is -0.274. The first kappa shape index (κ1) is 16.3. The molecule has 8 nitrogen and oxygen atoms in total. The Morgan fingerprint density at radius 1 is 1.27 bits per heavy atom. The van der Waals surface area contributed by atoms with Gasteiger partial charge in [-0.1, -0.05) is 17.7 Å². The van der Waals surface area contributed by atoms with Crippen LogP contribution >= 0.6 is 11.6 Å². The third kappa shape index (κ3) is 3.45. The molecule has 3 heterocycles. The summed E-state index contributed by atoms with van der Waals surface area (Å²) in [6.45, 7) is 0.905. The number of H-pyrrole nitrogens is 1. The summed E-state index contributed by atoms with van der Waals surface area (Å²) in [4.78, 5) is 20.7. The smallest absolute Gasteiger partial charge is 0.249 e. The van der Waals surface area contributed by atoms with Crippen molar-refractivity contribution in [2.75, 3.05) is 18.5 Å². The van der Waals surface area contributed by atoms with E-state index in [1.807, 2.05) is 6.07 Å². The zero-order valence-corrected chi connectivity index (χ0v) is 14.3. The van der Waals surface area contributed by atoms with Crippen LogP contribution in [0.5, 0.6) is 11.5 Å². The maximum atomic E-state index is 12.3. The van der Waals surface area contributed by atoms with Crippen LogP contribution in [0.25, 0.3) is 11.5 Å². The number of ether oxygens (including phenoxy) is 2. The molecule has 0 saturated carbocycles. The van der Waals surface area contributed by atoms with Crippen molar-refractivity contribution in [3.8, 4) is 23.0 Å². The Morgan fingerprint density at radius 3 is 3.00 bits per heavy atom.